The van der Waals surface area contributed by atoms with E-state index in [0.29, 0.717) is 28.9 Å². The van der Waals surface area contributed by atoms with Gasteiger partial charge in [-0.1, -0.05) is 23.7 Å². The van der Waals surface area contributed by atoms with Gasteiger partial charge >= 0.3 is 6.18 Å². The average molecular weight is 499 g/mol. The molecule has 0 saturated carbocycles. The summed E-state index contributed by atoms with van der Waals surface area (Å²) in [5.74, 6) is 1.29. The molecule has 0 atom stereocenters. The van der Waals surface area contributed by atoms with Gasteiger partial charge in [-0.2, -0.15) is 13.2 Å². The predicted molar refractivity (Wildman–Crippen MR) is 127 cm³/mol. The molecule has 0 N–H and O–H groups in total. The maximum absolute atomic E-state index is 13.8. The number of imidazole rings is 1. The standard InChI is InChI=1S/C25H18ClF3N4O2/c1-32-20(12-14-5-8-16(35-2)9-6-14)31-21-22(32)17-10-7-15(26)13-19(17)33(24(21)34)18-4-3-11-30-23(18)25(27,28)29/h3-11,13H,12H2,1-2H3. The molecule has 0 radical (unpaired) electrons. The molecule has 3 aromatic heterocycles. The second-order valence-electron chi connectivity index (χ2n) is 7.98. The van der Waals surface area contributed by atoms with Gasteiger partial charge in [-0.15, -0.1) is 0 Å². The predicted octanol–water partition coefficient (Wildman–Crippen LogP) is 5.54. The van der Waals surface area contributed by atoms with Crippen LogP contribution in [-0.2, 0) is 19.6 Å². The van der Waals surface area contributed by atoms with Crippen LogP contribution in [0.5, 0.6) is 5.75 Å². The number of fused-ring (bicyclic) bond motifs is 3. The fraction of sp³-hybridized carbons (Fsp3) is 0.160. The largest absolute Gasteiger partial charge is 0.497 e. The molecule has 0 spiro atoms. The molecule has 178 valence electrons. The number of methoxy groups -OCH3 is 1. The van der Waals surface area contributed by atoms with Crippen LogP contribution in [0.1, 0.15) is 17.1 Å². The molecule has 6 nitrogen and oxygen atoms in total. The molecule has 0 aliphatic heterocycles. The third-order valence-electron chi connectivity index (χ3n) is 5.87. The lowest BCUT2D eigenvalue weighted by Gasteiger charge is -2.16. The van der Waals surface area contributed by atoms with Crippen molar-refractivity contribution in [1.82, 2.24) is 19.1 Å². The zero-order valence-corrected chi connectivity index (χ0v) is 19.4. The van der Waals surface area contributed by atoms with Crippen molar-refractivity contribution in [3.8, 4) is 11.4 Å². The number of aryl methyl sites for hydroxylation is 1. The number of nitrogens with zero attached hydrogens (tertiary/aromatic N) is 4. The molecule has 3 heterocycles. The summed E-state index contributed by atoms with van der Waals surface area (Å²) in [5, 5.41) is 0.819. The Labute approximate surface area is 202 Å². The van der Waals surface area contributed by atoms with E-state index in [2.05, 4.69) is 9.97 Å². The van der Waals surface area contributed by atoms with Crippen molar-refractivity contribution >= 4 is 33.5 Å². The monoisotopic (exact) mass is 498 g/mol. The minimum Gasteiger partial charge on any atom is -0.497 e. The van der Waals surface area contributed by atoms with Crippen molar-refractivity contribution in [2.24, 2.45) is 7.05 Å². The Balaban J connectivity index is 1.81. The molecule has 5 rings (SSSR count). The fourth-order valence-electron chi connectivity index (χ4n) is 4.23. The summed E-state index contributed by atoms with van der Waals surface area (Å²) >= 11 is 6.20. The number of ether oxygens (including phenoxy) is 1. The number of hydrogen-bond acceptors (Lipinski definition) is 4. The van der Waals surface area contributed by atoms with Crippen LogP contribution in [0.15, 0.2) is 65.6 Å². The smallest absolute Gasteiger partial charge is 0.435 e. The summed E-state index contributed by atoms with van der Waals surface area (Å²) < 4.78 is 49.3. The van der Waals surface area contributed by atoms with Crippen LogP contribution in [0.3, 0.4) is 0 Å². The topological polar surface area (TPSA) is 61.9 Å². The number of aromatic nitrogens is 4. The average Bonchev–Trinajstić information content (AvgIpc) is 3.15. The van der Waals surface area contributed by atoms with E-state index in [-0.39, 0.29) is 21.7 Å². The lowest BCUT2D eigenvalue weighted by atomic mass is 10.1. The lowest BCUT2D eigenvalue weighted by molar-refractivity contribution is -0.141. The number of rotatable bonds is 4. The van der Waals surface area contributed by atoms with Crippen molar-refractivity contribution < 1.29 is 17.9 Å². The highest BCUT2D eigenvalue weighted by Crippen LogP contribution is 2.34. The quantitative estimate of drug-likeness (QED) is 0.326. The van der Waals surface area contributed by atoms with Crippen LogP contribution in [0, 0.1) is 0 Å². The fourth-order valence-corrected chi connectivity index (χ4v) is 4.39. The van der Waals surface area contributed by atoms with Gasteiger partial charge in [0.05, 0.1) is 23.8 Å². The van der Waals surface area contributed by atoms with Crippen LogP contribution in [0.25, 0.3) is 27.6 Å². The SMILES string of the molecule is COc1ccc(Cc2nc3c(=O)n(-c4cccnc4C(F)(F)F)c4cc(Cl)ccc4c3n2C)cc1. The van der Waals surface area contributed by atoms with Gasteiger partial charge in [0.2, 0.25) is 0 Å². The number of alkyl halides is 3. The third-order valence-corrected chi connectivity index (χ3v) is 6.10. The van der Waals surface area contributed by atoms with Crippen molar-refractivity contribution in [3.05, 3.63) is 93.3 Å². The lowest BCUT2D eigenvalue weighted by Crippen LogP contribution is -2.23. The van der Waals surface area contributed by atoms with E-state index >= 15 is 0 Å². The molecule has 2 aromatic carbocycles. The van der Waals surface area contributed by atoms with Gasteiger partial charge in [-0.05, 0) is 48.0 Å². The molecule has 0 aliphatic carbocycles. The van der Waals surface area contributed by atoms with E-state index in [4.69, 9.17) is 16.3 Å². The summed E-state index contributed by atoms with van der Waals surface area (Å²) in [6.07, 6.45) is -3.32. The van der Waals surface area contributed by atoms with Gasteiger partial charge < -0.3 is 9.30 Å². The molecular weight excluding hydrogens is 481 g/mol. The maximum atomic E-state index is 13.8. The summed E-state index contributed by atoms with van der Waals surface area (Å²) in [5.41, 5.74) is -0.513. The minimum atomic E-state index is -4.76. The Kier molecular flexibility index (Phi) is 5.52. The second-order valence-corrected chi connectivity index (χ2v) is 8.42. The summed E-state index contributed by atoms with van der Waals surface area (Å²) in [6.45, 7) is 0. The van der Waals surface area contributed by atoms with Crippen LogP contribution >= 0.6 is 11.6 Å². The van der Waals surface area contributed by atoms with E-state index in [0.717, 1.165) is 16.3 Å². The first-order valence-corrected chi connectivity index (χ1v) is 10.9. The molecule has 0 bridgehead atoms. The van der Waals surface area contributed by atoms with Crippen LogP contribution in [-0.4, -0.2) is 26.2 Å². The number of benzene rings is 2. The van der Waals surface area contributed by atoms with Gasteiger partial charge in [-0.25, -0.2) is 9.97 Å². The van der Waals surface area contributed by atoms with Crippen LogP contribution in [0.4, 0.5) is 13.2 Å². The molecule has 10 heteroatoms. The number of halogens is 4. The van der Waals surface area contributed by atoms with Crippen molar-refractivity contribution in [3.63, 3.8) is 0 Å². The van der Waals surface area contributed by atoms with Gasteiger partial charge in [0.15, 0.2) is 11.2 Å². The number of hydrogen-bond donors (Lipinski definition) is 0. The highest BCUT2D eigenvalue weighted by molar-refractivity contribution is 6.31. The molecule has 0 fully saturated rings. The number of pyridine rings is 2. The molecule has 0 aliphatic rings. The van der Waals surface area contributed by atoms with E-state index in [9.17, 15) is 18.0 Å². The van der Waals surface area contributed by atoms with E-state index in [1.165, 1.54) is 18.2 Å². The molecule has 0 amide bonds. The highest BCUT2D eigenvalue weighted by Gasteiger charge is 2.36. The Morgan fingerprint density at radius 2 is 1.83 bits per heavy atom. The van der Waals surface area contributed by atoms with E-state index in [1.54, 1.807) is 30.9 Å². The van der Waals surface area contributed by atoms with Gasteiger partial charge in [0.1, 0.15) is 11.6 Å². The summed E-state index contributed by atoms with van der Waals surface area (Å²) in [4.78, 5) is 21.7. The Bertz CT molecular complexity index is 1640. The van der Waals surface area contributed by atoms with Crippen molar-refractivity contribution in [1.29, 1.82) is 0 Å². The minimum absolute atomic E-state index is 0.0582. The van der Waals surface area contributed by atoms with Gasteiger partial charge in [-0.3, -0.25) is 9.36 Å². The maximum Gasteiger partial charge on any atom is 0.435 e. The van der Waals surface area contributed by atoms with E-state index < -0.39 is 17.4 Å². The normalized spacial score (nSPS) is 11.9. The third kappa shape index (κ3) is 3.91. The molecule has 0 unspecified atom stereocenters. The molecule has 5 aromatic rings. The van der Waals surface area contributed by atoms with Crippen LogP contribution < -0.4 is 10.3 Å². The van der Waals surface area contributed by atoms with Crippen molar-refractivity contribution in [2.45, 2.75) is 12.6 Å². The Hall–Kier alpha value is -3.85. The van der Waals surface area contributed by atoms with Gasteiger partial charge in [0.25, 0.3) is 5.56 Å². The first-order chi connectivity index (χ1) is 16.7. The Morgan fingerprint density at radius 1 is 1.09 bits per heavy atom. The van der Waals surface area contributed by atoms with E-state index in [1.807, 2.05) is 24.3 Å². The molecule has 35 heavy (non-hydrogen) atoms. The molecular formula is C25H18ClF3N4O2. The zero-order chi connectivity index (χ0) is 24.9. The van der Waals surface area contributed by atoms with Crippen LogP contribution in [0.2, 0.25) is 5.02 Å². The first kappa shape index (κ1) is 22.9. The van der Waals surface area contributed by atoms with Crippen molar-refractivity contribution in [2.75, 3.05) is 7.11 Å². The zero-order valence-electron chi connectivity index (χ0n) is 18.6. The first-order valence-electron chi connectivity index (χ1n) is 10.5. The Morgan fingerprint density at radius 3 is 2.51 bits per heavy atom. The molecule has 0 saturated heterocycles. The second kappa shape index (κ2) is 8.42. The highest BCUT2D eigenvalue weighted by atomic mass is 35.5. The summed E-state index contributed by atoms with van der Waals surface area (Å²) in [6, 6.07) is 14.8. The van der Waals surface area contributed by atoms with Gasteiger partial charge in [0, 0.05) is 30.1 Å². The summed E-state index contributed by atoms with van der Waals surface area (Å²) in [7, 11) is 3.35.